The van der Waals surface area contributed by atoms with E-state index in [1.165, 1.54) is 6.07 Å². The molecule has 116 valence electrons. The zero-order chi connectivity index (χ0) is 16.4. The number of fused-ring (bicyclic) bond motifs is 1. The Morgan fingerprint density at radius 2 is 1.74 bits per heavy atom. The summed E-state index contributed by atoms with van der Waals surface area (Å²) in [4.78, 5) is 16.6. The summed E-state index contributed by atoms with van der Waals surface area (Å²) in [5, 5.41) is 11.7. The van der Waals surface area contributed by atoms with Crippen LogP contribution in [0.1, 0.15) is 29.8 Å². The summed E-state index contributed by atoms with van der Waals surface area (Å²) in [6.45, 7) is 3.62. The lowest BCUT2D eigenvalue weighted by Gasteiger charge is -2.26. The number of aromatic hydroxyl groups is 1. The lowest BCUT2D eigenvalue weighted by molar-refractivity contribution is -0.00318. The average Bonchev–Trinajstić information content (AvgIpc) is 2.55. The minimum Gasteiger partial charge on any atom is -0.507 e. The van der Waals surface area contributed by atoms with Gasteiger partial charge in [0.05, 0.1) is 0 Å². The van der Waals surface area contributed by atoms with E-state index < -0.39 is 11.6 Å². The summed E-state index contributed by atoms with van der Waals surface area (Å²) in [7, 11) is 0. The largest absolute Gasteiger partial charge is 0.507 e. The zero-order valence-corrected chi connectivity index (χ0v) is 13.0. The maximum Gasteiger partial charge on any atom is 0.343 e. The molecule has 0 amide bonds. The summed E-state index contributed by atoms with van der Waals surface area (Å²) in [5.74, 6) is -0.639. The molecular formula is C19H17NO3. The van der Waals surface area contributed by atoms with Gasteiger partial charge in [0.15, 0.2) is 0 Å². The van der Waals surface area contributed by atoms with E-state index in [0.29, 0.717) is 5.39 Å². The first-order valence-electron chi connectivity index (χ1n) is 7.33. The van der Waals surface area contributed by atoms with E-state index in [2.05, 4.69) is 4.98 Å². The molecule has 0 saturated carbocycles. The van der Waals surface area contributed by atoms with E-state index in [9.17, 15) is 9.90 Å². The van der Waals surface area contributed by atoms with E-state index >= 15 is 0 Å². The SMILES string of the molecule is CC(C)(OC(=O)c1c(O)ccc2ccccc12)c1ccncc1. The fourth-order valence-corrected chi connectivity index (χ4v) is 2.57. The smallest absolute Gasteiger partial charge is 0.343 e. The molecule has 0 aliphatic heterocycles. The fourth-order valence-electron chi connectivity index (χ4n) is 2.57. The molecule has 1 aromatic heterocycles. The zero-order valence-electron chi connectivity index (χ0n) is 13.0. The van der Waals surface area contributed by atoms with E-state index in [4.69, 9.17) is 4.74 Å². The first kappa shape index (κ1) is 15.0. The minimum absolute atomic E-state index is 0.0840. The second-order valence-electron chi connectivity index (χ2n) is 5.82. The summed E-state index contributed by atoms with van der Waals surface area (Å²) >= 11 is 0. The van der Waals surface area contributed by atoms with Crippen molar-refractivity contribution in [3.8, 4) is 5.75 Å². The molecule has 2 aromatic carbocycles. The predicted molar refractivity (Wildman–Crippen MR) is 88.3 cm³/mol. The van der Waals surface area contributed by atoms with Crippen LogP contribution < -0.4 is 0 Å². The Labute approximate surface area is 134 Å². The number of benzene rings is 2. The Hall–Kier alpha value is -2.88. The van der Waals surface area contributed by atoms with Crippen LogP contribution in [0, 0.1) is 0 Å². The predicted octanol–water partition coefficient (Wildman–Crippen LogP) is 4.03. The van der Waals surface area contributed by atoms with Crippen molar-refractivity contribution in [1.29, 1.82) is 0 Å². The quantitative estimate of drug-likeness (QED) is 0.742. The number of esters is 1. The number of rotatable bonds is 3. The number of carbonyl (C=O) groups excluding carboxylic acids is 1. The summed E-state index contributed by atoms with van der Waals surface area (Å²) in [6.07, 6.45) is 3.31. The van der Waals surface area contributed by atoms with Crippen LogP contribution in [-0.4, -0.2) is 16.1 Å². The Morgan fingerprint density at radius 1 is 1.04 bits per heavy atom. The third-order valence-electron chi connectivity index (χ3n) is 3.83. The highest BCUT2D eigenvalue weighted by Gasteiger charge is 2.28. The molecule has 0 aliphatic rings. The van der Waals surface area contributed by atoms with Crippen molar-refractivity contribution in [2.75, 3.05) is 0 Å². The topological polar surface area (TPSA) is 59.4 Å². The van der Waals surface area contributed by atoms with Gasteiger partial charge in [0.25, 0.3) is 0 Å². The van der Waals surface area contributed by atoms with Crippen LogP contribution in [0.4, 0.5) is 0 Å². The van der Waals surface area contributed by atoms with E-state index in [1.54, 1.807) is 36.7 Å². The van der Waals surface area contributed by atoms with Crippen LogP contribution >= 0.6 is 0 Å². The average molecular weight is 307 g/mol. The van der Waals surface area contributed by atoms with Crippen LogP contribution in [0.15, 0.2) is 60.9 Å². The van der Waals surface area contributed by atoms with Gasteiger partial charge in [-0.3, -0.25) is 4.98 Å². The van der Waals surface area contributed by atoms with Gasteiger partial charge >= 0.3 is 5.97 Å². The van der Waals surface area contributed by atoms with Gasteiger partial charge < -0.3 is 9.84 Å². The third-order valence-corrected chi connectivity index (χ3v) is 3.83. The van der Waals surface area contributed by atoms with Gasteiger partial charge in [-0.15, -0.1) is 0 Å². The summed E-state index contributed by atoms with van der Waals surface area (Å²) < 4.78 is 5.67. The van der Waals surface area contributed by atoms with E-state index in [0.717, 1.165) is 10.9 Å². The summed E-state index contributed by atoms with van der Waals surface area (Å²) in [6, 6.07) is 14.3. The van der Waals surface area contributed by atoms with Crippen molar-refractivity contribution in [3.63, 3.8) is 0 Å². The minimum atomic E-state index is -0.830. The molecule has 0 saturated heterocycles. The number of phenols is 1. The number of pyridine rings is 1. The van der Waals surface area contributed by atoms with Gasteiger partial charge in [-0.1, -0.05) is 30.3 Å². The Bertz CT molecular complexity index is 857. The van der Waals surface area contributed by atoms with Crippen molar-refractivity contribution >= 4 is 16.7 Å². The van der Waals surface area contributed by atoms with Crippen molar-refractivity contribution in [1.82, 2.24) is 4.98 Å². The molecule has 4 heteroatoms. The molecule has 0 radical (unpaired) electrons. The van der Waals surface area contributed by atoms with Gasteiger partial charge in [0.2, 0.25) is 0 Å². The molecule has 0 aliphatic carbocycles. The highest BCUT2D eigenvalue weighted by molar-refractivity contribution is 6.07. The molecule has 1 heterocycles. The lowest BCUT2D eigenvalue weighted by Crippen LogP contribution is -2.25. The second kappa shape index (κ2) is 5.72. The molecule has 23 heavy (non-hydrogen) atoms. The van der Waals surface area contributed by atoms with Crippen molar-refractivity contribution in [2.24, 2.45) is 0 Å². The first-order chi connectivity index (χ1) is 11.0. The number of hydrogen-bond acceptors (Lipinski definition) is 4. The van der Waals surface area contributed by atoms with Gasteiger partial charge in [0.1, 0.15) is 16.9 Å². The van der Waals surface area contributed by atoms with Crippen LogP contribution in [0.2, 0.25) is 0 Å². The molecule has 0 atom stereocenters. The highest BCUT2D eigenvalue weighted by atomic mass is 16.6. The number of ether oxygens (including phenoxy) is 1. The Kier molecular flexibility index (Phi) is 3.74. The van der Waals surface area contributed by atoms with Crippen LogP contribution in [-0.2, 0) is 10.3 Å². The van der Waals surface area contributed by atoms with Crippen LogP contribution in [0.25, 0.3) is 10.8 Å². The molecule has 0 unspecified atom stereocenters. The molecule has 0 spiro atoms. The standard InChI is InChI=1S/C19H17NO3/c1-19(2,14-9-11-20-12-10-14)23-18(22)17-15-6-4-3-5-13(15)7-8-16(17)21/h3-12,21H,1-2H3. The second-order valence-corrected chi connectivity index (χ2v) is 5.82. The monoisotopic (exact) mass is 307 g/mol. The molecular weight excluding hydrogens is 290 g/mol. The van der Waals surface area contributed by atoms with Gasteiger partial charge in [-0.2, -0.15) is 0 Å². The molecule has 0 bridgehead atoms. The number of hydrogen-bond donors (Lipinski definition) is 1. The van der Waals surface area contributed by atoms with E-state index in [-0.39, 0.29) is 11.3 Å². The lowest BCUT2D eigenvalue weighted by atomic mass is 9.98. The van der Waals surface area contributed by atoms with Gasteiger partial charge in [0, 0.05) is 12.4 Å². The fraction of sp³-hybridized carbons (Fsp3) is 0.158. The number of phenolic OH excluding ortho intramolecular Hbond substituents is 1. The molecule has 3 aromatic rings. The first-order valence-corrected chi connectivity index (χ1v) is 7.33. The van der Waals surface area contributed by atoms with Gasteiger partial charge in [-0.05, 0) is 48.4 Å². The molecule has 1 N–H and O–H groups in total. The van der Waals surface area contributed by atoms with Gasteiger partial charge in [-0.25, -0.2) is 4.79 Å². The molecule has 4 nitrogen and oxygen atoms in total. The van der Waals surface area contributed by atoms with Crippen molar-refractivity contribution in [3.05, 3.63) is 72.1 Å². The van der Waals surface area contributed by atoms with Crippen molar-refractivity contribution in [2.45, 2.75) is 19.4 Å². The maximum absolute atomic E-state index is 12.7. The van der Waals surface area contributed by atoms with Crippen LogP contribution in [0.5, 0.6) is 5.75 Å². The highest BCUT2D eigenvalue weighted by Crippen LogP contribution is 2.31. The Balaban J connectivity index is 2.00. The number of carbonyl (C=O) groups is 1. The molecule has 0 fully saturated rings. The van der Waals surface area contributed by atoms with Crippen LogP contribution in [0.3, 0.4) is 0 Å². The third kappa shape index (κ3) is 2.88. The number of aromatic nitrogens is 1. The Morgan fingerprint density at radius 3 is 2.48 bits per heavy atom. The molecule has 3 rings (SSSR count). The number of nitrogens with zero attached hydrogens (tertiary/aromatic N) is 1. The maximum atomic E-state index is 12.7. The van der Waals surface area contributed by atoms with Crippen molar-refractivity contribution < 1.29 is 14.6 Å². The normalized spacial score (nSPS) is 11.4. The van der Waals surface area contributed by atoms with E-state index in [1.807, 2.05) is 32.0 Å². The summed E-state index contributed by atoms with van der Waals surface area (Å²) in [5.41, 5.74) is 0.189.